The molecule has 2 aromatic carbocycles. The summed E-state index contributed by atoms with van der Waals surface area (Å²) in [6, 6.07) is 8.96. The molecular weight excluding hydrogens is 311 g/mol. The maximum Gasteiger partial charge on any atom is 0.419 e. The fourth-order valence-electron chi connectivity index (χ4n) is 2.03. The van der Waals surface area contributed by atoms with E-state index in [0.717, 1.165) is 12.1 Å². The first-order valence-corrected chi connectivity index (χ1v) is 7.73. The number of hydrogen-bond acceptors (Lipinski definition) is 4. The minimum atomic E-state index is -3.85. The Morgan fingerprint density at radius 3 is 2.50 bits per heavy atom. The molecule has 1 heterocycles. The molecule has 3 rings (SSSR count). The van der Waals surface area contributed by atoms with E-state index in [4.69, 9.17) is 4.42 Å². The van der Waals surface area contributed by atoms with Crippen LogP contribution in [0.5, 0.6) is 0 Å². The third-order valence-electron chi connectivity index (χ3n) is 3.17. The third kappa shape index (κ3) is 2.48. The van der Waals surface area contributed by atoms with E-state index in [1.54, 1.807) is 13.1 Å². The largest absolute Gasteiger partial charge is 0.419 e. The fourth-order valence-corrected chi connectivity index (χ4v) is 3.07. The van der Waals surface area contributed by atoms with Crippen molar-refractivity contribution in [3.63, 3.8) is 0 Å². The SMILES string of the molecule is Cn1c(=O)oc2cc(NS(=O)(=O)c3ccc(F)cc3)ccc21. The Bertz CT molecular complexity index is 1000. The first-order chi connectivity index (χ1) is 10.4. The molecule has 6 nitrogen and oxygen atoms in total. The average Bonchev–Trinajstić information content (AvgIpc) is 2.73. The maximum absolute atomic E-state index is 12.9. The molecule has 0 atom stereocenters. The molecule has 1 N–H and O–H groups in total. The minimum absolute atomic E-state index is 0.0662. The predicted molar refractivity (Wildman–Crippen MR) is 78.7 cm³/mol. The van der Waals surface area contributed by atoms with Crippen molar-refractivity contribution in [1.29, 1.82) is 0 Å². The van der Waals surface area contributed by atoms with Crippen molar-refractivity contribution in [2.24, 2.45) is 7.05 Å². The van der Waals surface area contributed by atoms with Crippen molar-refractivity contribution < 1.29 is 17.2 Å². The van der Waals surface area contributed by atoms with Gasteiger partial charge in [-0.25, -0.2) is 17.6 Å². The quantitative estimate of drug-likeness (QED) is 0.800. The number of sulfonamides is 1. The molecule has 0 aliphatic carbocycles. The highest BCUT2D eigenvalue weighted by atomic mass is 32.2. The van der Waals surface area contributed by atoms with E-state index in [2.05, 4.69) is 4.72 Å². The van der Waals surface area contributed by atoms with E-state index in [1.807, 2.05) is 0 Å². The van der Waals surface area contributed by atoms with Crippen LogP contribution >= 0.6 is 0 Å². The van der Waals surface area contributed by atoms with Crippen LogP contribution in [0.3, 0.4) is 0 Å². The lowest BCUT2D eigenvalue weighted by atomic mass is 10.3. The number of nitrogens with zero attached hydrogens (tertiary/aromatic N) is 1. The Hall–Kier alpha value is -2.61. The number of hydrogen-bond donors (Lipinski definition) is 1. The van der Waals surface area contributed by atoms with Crippen LogP contribution in [0.25, 0.3) is 11.1 Å². The number of benzene rings is 2. The molecule has 0 aliphatic rings. The smallest absolute Gasteiger partial charge is 0.408 e. The number of anilines is 1. The number of aromatic nitrogens is 1. The highest BCUT2D eigenvalue weighted by molar-refractivity contribution is 7.92. The van der Waals surface area contributed by atoms with Crippen molar-refractivity contribution in [3.8, 4) is 0 Å². The molecule has 8 heteroatoms. The Kier molecular flexibility index (Phi) is 3.25. The zero-order valence-electron chi connectivity index (χ0n) is 11.4. The number of halogens is 1. The molecule has 0 fully saturated rings. The van der Waals surface area contributed by atoms with Crippen LogP contribution in [0.4, 0.5) is 10.1 Å². The van der Waals surface area contributed by atoms with Gasteiger partial charge in [-0.05, 0) is 36.4 Å². The second-order valence-corrected chi connectivity index (χ2v) is 6.35. The minimum Gasteiger partial charge on any atom is -0.408 e. The van der Waals surface area contributed by atoms with Gasteiger partial charge in [0.25, 0.3) is 10.0 Å². The van der Waals surface area contributed by atoms with Crippen molar-refractivity contribution in [2.75, 3.05) is 4.72 Å². The molecular formula is C14H11FN2O4S. The van der Waals surface area contributed by atoms with Gasteiger partial charge in [-0.1, -0.05) is 0 Å². The topological polar surface area (TPSA) is 81.3 Å². The summed E-state index contributed by atoms with van der Waals surface area (Å²) < 4.78 is 45.9. The summed E-state index contributed by atoms with van der Waals surface area (Å²) in [5, 5.41) is 0. The average molecular weight is 322 g/mol. The molecule has 1 aromatic heterocycles. The Balaban J connectivity index is 1.98. The summed E-state index contributed by atoms with van der Waals surface area (Å²) in [4.78, 5) is 11.3. The summed E-state index contributed by atoms with van der Waals surface area (Å²) in [5.41, 5.74) is 1.06. The summed E-state index contributed by atoms with van der Waals surface area (Å²) in [6.45, 7) is 0. The molecule has 0 spiro atoms. The van der Waals surface area contributed by atoms with Crippen molar-refractivity contribution >= 4 is 26.8 Å². The van der Waals surface area contributed by atoms with Gasteiger partial charge in [0.1, 0.15) is 5.82 Å². The van der Waals surface area contributed by atoms with Crippen LogP contribution in [-0.2, 0) is 17.1 Å². The van der Waals surface area contributed by atoms with Crippen LogP contribution in [-0.4, -0.2) is 13.0 Å². The number of aryl methyl sites for hydroxylation is 1. The van der Waals surface area contributed by atoms with E-state index in [9.17, 15) is 17.6 Å². The number of oxazole rings is 1. The molecule has 0 saturated heterocycles. The zero-order valence-corrected chi connectivity index (χ0v) is 12.2. The number of nitrogens with one attached hydrogen (secondary N) is 1. The monoisotopic (exact) mass is 322 g/mol. The van der Waals surface area contributed by atoms with Crippen LogP contribution < -0.4 is 10.5 Å². The highest BCUT2D eigenvalue weighted by Gasteiger charge is 2.15. The number of rotatable bonds is 3. The van der Waals surface area contributed by atoms with Gasteiger partial charge in [-0.2, -0.15) is 0 Å². The van der Waals surface area contributed by atoms with E-state index in [1.165, 1.54) is 28.8 Å². The van der Waals surface area contributed by atoms with Gasteiger partial charge in [0.15, 0.2) is 5.58 Å². The highest BCUT2D eigenvalue weighted by Crippen LogP contribution is 2.21. The summed E-state index contributed by atoms with van der Waals surface area (Å²) >= 11 is 0. The van der Waals surface area contributed by atoms with Crippen molar-refractivity contribution in [3.05, 3.63) is 58.8 Å². The van der Waals surface area contributed by atoms with E-state index in [-0.39, 0.29) is 16.2 Å². The standard InChI is InChI=1S/C14H11FN2O4S/c1-17-12-7-4-10(8-13(12)21-14(17)18)16-22(19,20)11-5-2-9(15)3-6-11/h2-8,16H,1H3. The van der Waals surface area contributed by atoms with Crippen molar-refractivity contribution in [1.82, 2.24) is 4.57 Å². The zero-order chi connectivity index (χ0) is 15.9. The molecule has 0 amide bonds. The van der Waals surface area contributed by atoms with Gasteiger partial charge in [-0.3, -0.25) is 9.29 Å². The summed E-state index contributed by atoms with van der Waals surface area (Å²) in [6.07, 6.45) is 0. The first-order valence-electron chi connectivity index (χ1n) is 6.25. The van der Waals surface area contributed by atoms with Gasteiger partial charge in [0.05, 0.1) is 16.1 Å². The van der Waals surface area contributed by atoms with E-state index in [0.29, 0.717) is 5.52 Å². The Morgan fingerprint density at radius 1 is 1.14 bits per heavy atom. The van der Waals surface area contributed by atoms with Gasteiger partial charge >= 0.3 is 5.76 Å². The van der Waals surface area contributed by atoms with E-state index >= 15 is 0 Å². The molecule has 22 heavy (non-hydrogen) atoms. The Morgan fingerprint density at radius 2 is 1.82 bits per heavy atom. The molecule has 114 valence electrons. The molecule has 0 aliphatic heterocycles. The summed E-state index contributed by atoms with van der Waals surface area (Å²) in [7, 11) is -2.29. The van der Waals surface area contributed by atoms with Gasteiger partial charge in [-0.15, -0.1) is 0 Å². The van der Waals surface area contributed by atoms with Crippen LogP contribution in [0.15, 0.2) is 56.6 Å². The summed E-state index contributed by atoms with van der Waals surface area (Å²) in [5.74, 6) is -1.06. The number of fused-ring (bicyclic) bond motifs is 1. The second kappa shape index (κ2) is 4.99. The molecule has 0 unspecified atom stereocenters. The van der Waals surface area contributed by atoms with Gasteiger partial charge < -0.3 is 4.42 Å². The first kappa shape index (κ1) is 14.3. The Labute approximate surface area is 124 Å². The van der Waals surface area contributed by atoms with Crippen LogP contribution in [0, 0.1) is 5.82 Å². The molecule has 3 aromatic rings. The molecule has 0 bridgehead atoms. The fraction of sp³-hybridized carbons (Fsp3) is 0.0714. The lowest BCUT2D eigenvalue weighted by Crippen LogP contribution is -2.12. The van der Waals surface area contributed by atoms with Gasteiger partial charge in [0.2, 0.25) is 0 Å². The maximum atomic E-state index is 12.9. The molecule has 0 saturated carbocycles. The lowest BCUT2D eigenvalue weighted by molar-refractivity contribution is 0.528. The van der Waals surface area contributed by atoms with E-state index < -0.39 is 21.6 Å². The lowest BCUT2D eigenvalue weighted by Gasteiger charge is -2.07. The normalized spacial score (nSPS) is 11.7. The molecule has 0 radical (unpaired) electrons. The third-order valence-corrected chi connectivity index (χ3v) is 4.57. The van der Waals surface area contributed by atoms with Crippen LogP contribution in [0.2, 0.25) is 0 Å². The van der Waals surface area contributed by atoms with Crippen LogP contribution in [0.1, 0.15) is 0 Å². The van der Waals surface area contributed by atoms with Gasteiger partial charge in [0, 0.05) is 13.1 Å². The predicted octanol–water partition coefficient (Wildman–Crippen LogP) is 2.07. The second-order valence-electron chi connectivity index (χ2n) is 4.67. The van der Waals surface area contributed by atoms with Crippen molar-refractivity contribution in [2.45, 2.75) is 4.90 Å².